The van der Waals surface area contributed by atoms with Crippen molar-refractivity contribution in [2.75, 3.05) is 26.6 Å². The van der Waals surface area contributed by atoms with Crippen LogP contribution in [0.4, 0.5) is 5.69 Å². The fourth-order valence-electron chi connectivity index (χ4n) is 3.89. The van der Waals surface area contributed by atoms with Crippen LogP contribution in [0.1, 0.15) is 28.3 Å². The molecule has 0 fully saturated rings. The molecule has 1 N–H and O–H groups in total. The lowest BCUT2D eigenvalue weighted by molar-refractivity contribution is -0.116. The van der Waals surface area contributed by atoms with E-state index in [1.54, 1.807) is 35.7 Å². The minimum Gasteiger partial charge on any atom is -0.496 e. The standard InChI is InChI=1S/C23H23NO6S2/c1-13-6-5-7-14(8-13)32(26,27)20-12-31-23-16(10-21(25)24-22(20)23)15-9-18(29-3)19(30-4)11-17(15)28-2/h5-9,11-12,16H,10H2,1-4H3,(H,24,25). The van der Waals surface area contributed by atoms with Gasteiger partial charge in [-0.3, -0.25) is 4.79 Å². The van der Waals surface area contributed by atoms with Gasteiger partial charge in [0.2, 0.25) is 15.7 Å². The molecule has 0 bridgehead atoms. The lowest BCUT2D eigenvalue weighted by Crippen LogP contribution is -2.23. The zero-order valence-electron chi connectivity index (χ0n) is 18.1. The number of carbonyl (C=O) groups is 1. The molecule has 0 saturated heterocycles. The molecule has 1 amide bonds. The second kappa shape index (κ2) is 8.48. The van der Waals surface area contributed by atoms with E-state index < -0.39 is 9.84 Å². The Kier molecular flexibility index (Phi) is 5.87. The van der Waals surface area contributed by atoms with Crippen molar-refractivity contribution in [2.24, 2.45) is 0 Å². The van der Waals surface area contributed by atoms with Crippen LogP contribution >= 0.6 is 11.3 Å². The molecule has 0 saturated carbocycles. The van der Waals surface area contributed by atoms with E-state index in [-0.39, 0.29) is 28.0 Å². The predicted octanol–water partition coefficient (Wildman–Crippen LogP) is 4.39. The van der Waals surface area contributed by atoms with Crippen molar-refractivity contribution in [3.8, 4) is 17.2 Å². The highest BCUT2D eigenvalue weighted by molar-refractivity contribution is 7.91. The van der Waals surface area contributed by atoms with Gasteiger partial charge in [-0.15, -0.1) is 11.3 Å². The van der Waals surface area contributed by atoms with Crippen molar-refractivity contribution in [3.05, 3.63) is 57.8 Å². The molecule has 0 spiro atoms. The summed E-state index contributed by atoms with van der Waals surface area (Å²) in [6.07, 6.45) is 0.156. The molecule has 2 heterocycles. The van der Waals surface area contributed by atoms with Crippen LogP contribution in [-0.4, -0.2) is 35.7 Å². The van der Waals surface area contributed by atoms with E-state index in [1.807, 2.05) is 13.0 Å². The van der Waals surface area contributed by atoms with Crippen molar-refractivity contribution in [2.45, 2.75) is 29.1 Å². The smallest absolute Gasteiger partial charge is 0.225 e. The minimum absolute atomic E-state index is 0.0978. The molecule has 168 valence electrons. The average molecular weight is 474 g/mol. The number of hydrogen-bond donors (Lipinski definition) is 1. The van der Waals surface area contributed by atoms with Crippen LogP contribution in [0, 0.1) is 6.92 Å². The molecule has 0 radical (unpaired) electrons. The molecular formula is C23H23NO6S2. The summed E-state index contributed by atoms with van der Waals surface area (Å²) in [5, 5.41) is 4.37. The van der Waals surface area contributed by atoms with E-state index in [2.05, 4.69) is 5.32 Å². The summed E-state index contributed by atoms with van der Waals surface area (Å²) in [4.78, 5) is 13.7. The van der Waals surface area contributed by atoms with Crippen LogP contribution in [0.2, 0.25) is 0 Å². The number of methoxy groups -OCH3 is 3. The number of thiophene rings is 1. The first kappa shape index (κ1) is 22.2. The first-order chi connectivity index (χ1) is 15.3. The lowest BCUT2D eigenvalue weighted by Gasteiger charge is -2.26. The number of amides is 1. The zero-order valence-corrected chi connectivity index (χ0v) is 19.7. The number of sulfone groups is 1. The van der Waals surface area contributed by atoms with Crippen LogP contribution in [0.25, 0.3) is 0 Å². The fourth-order valence-corrected chi connectivity index (χ4v) is 6.89. The Morgan fingerprint density at radius 2 is 1.69 bits per heavy atom. The first-order valence-corrected chi connectivity index (χ1v) is 12.2. The number of anilines is 1. The third kappa shape index (κ3) is 3.71. The van der Waals surface area contributed by atoms with Crippen LogP contribution in [-0.2, 0) is 14.6 Å². The van der Waals surface area contributed by atoms with Gasteiger partial charge in [0.1, 0.15) is 10.6 Å². The second-order valence-corrected chi connectivity index (χ2v) is 10.2. The summed E-state index contributed by atoms with van der Waals surface area (Å²) in [6, 6.07) is 10.2. The molecule has 7 nitrogen and oxygen atoms in total. The molecule has 1 unspecified atom stereocenters. The van der Waals surface area contributed by atoms with Gasteiger partial charge in [0, 0.05) is 34.2 Å². The first-order valence-electron chi connectivity index (χ1n) is 9.83. The number of aryl methyl sites for hydroxylation is 1. The molecular weight excluding hydrogens is 450 g/mol. The van der Waals surface area contributed by atoms with Gasteiger partial charge in [-0.2, -0.15) is 0 Å². The van der Waals surface area contributed by atoms with Gasteiger partial charge >= 0.3 is 0 Å². The molecule has 9 heteroatoms. The van der Waals surface area contributed by atoms with Crippen molar-refractivity contribution < 1.29 is 27.4 Å². The summed E-state index contributed by atoms with van der Waals surface area (Å²) in [6.45, 7) is 1.84. The van der Waals surface area contributed by atoms with Crippen molar-refractivity contribution in [3.63, 3.8) is 0 Å². The van der Waals surface area contributed by atoms with Gasteiger partial charge in [-0.1, -0.05) is 12.1 Å². The zero-order chi connectivity index (χ0) is 23.0. The number of rotatable bonds is 6. The van der Waals surface area contributed by atoms with Crippen molar-refractivity contribution in [1.82, 2.24) is 0 Å². The van der Waals surface area contributed by atoms with Crippen LogP contribution in [0.15, 0.2) is 51.6 Å². The Bertz CT molecular complexity index is 1300. The molecule has 0 aliphatic carbocycles. The highest BCUT2D eigenvalue weighted by Gasteiger charge is 2.36. The van der Waals surface area contributed by atoms with E-state index in [1.165, 1.54) is 32.7 Å². The highest BCUT2D eigenvalue weighted by Crippen LogP contribution is 2.49. The van der Waals surface area contributed by atoms with Gasteiger partial charge in [0.05, 0.1) is 31.9 Å². The summed E-state index contributed by atoms with van der Waals surface area (Å²) < 4.78 is 43.1. The van der Waals surface area contributed by atoms with Crippen molar-refractivity contribution >= 4 is 32.8 Å². The third-order valence-electron chi connectivity index (χ3n) is 5.46. The lowest BCUT2D eigenvalue weighted by atomic mass is 9.89. The van der Waals surface area contributed by atoms with E-state index in [0.717, 1.165) is 16.0 Å². The summed E-state index contributed by atoms with van der Waals surface area (Å²) >= 11 is 1.30. The molecule has 1 aromatic heterocycles. The molecule has 4 rings (SSSR count). The third-order valence-corrected chi connectivity index (χ3v) is 8.48. The Morgan fingerprint density at radius 3 is 2.34 bits per heavy atom. The van der Waals surface area contributed by atoms with Gasteiger partial charge in [0.25, 0.3) is 0 Å². The Morgan fingerprint density at radius 1 is 1.00 bits per heavy atom. The normalized spacial score (nSPS) is 15.6. The number of benzene rings is 2. The largest absolute Gasteiger partial charge is 0.496 e. The number of ether oxygens (including phenoxy) is 3. The van der Waals surface area contributed by atoms with E-state index in [0.29, 0.717) is 22.9 Å². The van der Waals surface area contributed by atoms with Crippen LogP contribution in [0.3, 0.4) is 0 Å². The molecule has 1 aliphatic heterocycles. The molecule has 1 atom stereocenters. The quantitative estimate of drug-likeness (QED) is 0.571. The topological polar surface area (TPSA) is 90.9 Å². The molecule has 3 aromatic rings. The van der Waals surface area contributed by atoms with Gasteiger partial charge < -0.3 is 19.5 Å². The van der Waals surface area contributed by atoms with E-state index >= 15 is 0 Å². The number of carbonyl (C=O) groups excluding carboxylic acids is 1. The molecule has 2 aromatic carbocycles. The Hall–Kier alpha value is -3.04. The fraction of sp³-hybridized carbons (Fsp3) is 0.261. The van der Waals surface area contributed by atoms with E-state index in [9.17, 15) is 13.2 Å². The van der Waals surface area contributed by atoms with Gasteiger partial charge in [-0.25, -0.2) is 8.42 Å². The summed E-state index contributed by atoms with van der Waals surface area (Å²) in [5.41, 5.74) is 1.89. The highest BCUT2D eigenvalue weighted by atomic mass is 32.2. The average Bonchev–Trinajstić information content (AvgIpc) is 3.22. The maximum Gasteiger partial charge on any atom is 0.225 e. The molecule has 32 heavy (non-hydrogen) atoms. The number of fused-ring (bicyclic) bond motifs is 1. The monoisotopic (exact) mass is 473 g/mol. The summed E-state index contributed by atoms with van der Waals surface area (Å²) in [7, 11) is 0.795. The van der Waals surface area contributed by atoms with Crippen molar-refractivity contribution in [1.29, 1.82) is 0 Å². The maximum absolute atomic E-state index is 13.4. The van der Waals surface area contributed by atoms with Gasteiger partial charge in [-0.05, 0) is 30.7 Å². The SMILES string of the molecule is COc1cc(OC)c(C2CC(=O)Nc3c(S(=O)(=O)c4cccc(C)c4)csc32)cc1OC. The predicted molar refractivity (Wildman–Crippen MR) is 122 cm³/mol. The molecule has 1 aliphatic rings. The second-order valence-electron chi connectivity index (χ2n) is 7.41. The minimum atomic E-state index is -3.81. The summed E-state index contributed by atoms with van der Waals surface area (Å²) in [5.74, 6) is 0.880. The van der Waals surface area contributed by atoms with Crippen LogP contribution < -0.4 is 19.5 Å². The van der Waals surface area contributed by atoms with E-state index in [4.69, 9.17) is 14.2 Å². The number of nitrogens with one attached hydrogen (secondary N) is 1. The Balaban J connectivity index is 1.87. The van der Waals surface area contributed by atoms with Crippen LogP contribution in [0.5, 0.6) is 17.2 Å². The maximum atomic E-state index is 13.4. The number of hydrogen-bond acceptors (Lipinski definition) is 7. The van der Waals surface area contributed by atoms with Gasteiger partial charge in [0.15, 0.2) is 11.5 Å². The Labute approximate surface area is 190 Å².